The molecule has 37 heavy (non-hydrogen) atoms. The molecule has 0 saturated carbocycles. The van der Waals surface area contributed by atoms with Gasteiger partial charge in [-0.25, -0.2) is 9.59 Å². The second-order valence-electron chi connectivity index (χ2n) is 10.3. The smallest absolute Gasteiger partial charge is 0.375 e. The molecule has 2 atom stereocenters. The van der Waals surface area contributed by atoms with Crippen LogP contribution in [-0.2, 0) is 38.3 Å². The molecular weight excluding hydrogens is 476 g/mol. The number of esters is 2. The minimum absolute atomic E-state index is 0.0195. The molecule has 0 amide bonds. The number of hydrogen-bond donors (Lipinski definition) is 3. The van der Waals surface area contributed by atoms with E-state index in [4.69, 9.17) is 14.2 Å². The van der Waals surface area contributed by atoms with Gasteiger partial charge in [0.15, 0.2) is 0 Å². The summed E-state index contributed by atoms with van der Waals surface area (Å²) in [5.74, 6) is -1.88. The van der Waals surface area contributed by atoms with E-state index >= 15 is 0 Å². The van der Waals surface area contributed by atoms with E-state index < -0.39 is 35.0 Å². The molecular formula is C29H32O8. The number of aliphatic hydroxyl groups is 2. The summed E-state index contributed by atoms with van der Waals surface area (Å²) in [6.07, 6.45) is 2.30. The summed E-state index contributed by atoms with van der Waals surface area (Å²) in [5.41, 5.74) is 0.461. The zero-order valence-corrected chi connectivity index (χ0v) is 21.6. The van der Waals surface area contributed by atoms with E-state index in [-0.39, 0.29) is 17.7 Å². The summed E-state index contributed by atoms with van der Waals surface area (Å²) in [5, 5.41) is 31.5. The minimum atomic E-state index is -1.94. The number of carbonyl (C=O) groups excluding carboxylic acids is 2. The van der Waals surface area contributed by atoms with Gasteiger partial charge in [-0.15, -0.1) is 0 Å². The fourth-order valence-electron chi connectivity index (χ4n) is 4.74. The number of methoxy groups -OCH3 is 1. The molecule has 0 aliphatic carbocycles. The van der Waals surface area contributed by atoms with Crippen LogP contribution in [0.5, 0.6) is 11.5 Å². The van der Waals surface area contributed by atoms with E-state index in [9.17, 15) is 24.9 Å². The molecule has 196 valence electrons. The second kappa shape index (κ2) is 9.59. The average Bonchev–Trinajstić information content (AvgIpc) is 3.37. The lowest BCUT2D eigenvalue weighted by Gasteiger charge is -2.28. The zero-order chi connectivity index (χ0) is 27.1. The van der Waals surface area contributed by atoms with Crippen molar-refractivity contribution in [2.24, 2.45) is 0 Å². The second-order valence-corrected chi connectivity index (χ2v) is 10.3. The van der Waals surface area contributed by atoms with Crippen LogP contribution >= 0.6 is 0 Å². The Kier molecular flexibility index (Phi) is 6.81. The number of rotatable bonds is 7. The van der Waals surface area contributed by atoms with Crippen molar-refractivity contribution in [2.75, 3.05) is 7.11 Å². The topological polar surface area (TPSA) is 123 Å². The molecule has 8 heteroatoms. The molecule has 0 fully saturated rings. The highest BCUT2D eigenvalue weighted by Gasteiger charge is 2.56. The van der Waals surface area contributed by atoms with Gasteiger partial charge in [0, 0.05) is 12.8 Å². The number of aliphatic hydroxyl groups excluding tert-OH is 1. The molecule has 2 aromatic rings. The van der Waals surface area contributed by atoms with Gasteiger partial charge in [-0.2, -0.15) is 0 Å². The molecule has 4 rings (SSSR count). The molecule has 2 aromatic carbocycles. The van der Waals surface area contributed by atoms with Crippen LogP contribution in [0.1, 0.15) is 49.9 Å². The molecule has 0 bridgehead atoms. The molecule has 2 aliphatic heterocycles. The monoisotopic (exact) mass is 508 g/mol. The molecule has 0 spiro atoms. The number of cyclic esters (lactones) is 1. The molecule has 8 nitrogen and oxygen atoms in total. The first-order chi connectivity index (χ1) is 17.4. The Bertz CT molecular complexity index is 1310. The van der Waals surface area contributed by atoms with Crippen molar-refractivity contribution < 1.29 is 39.1 Å². The number of aromatic hydroxyl groups is 1. The van der Waals surface area contributed by atoms with E-state index in [0.29, 0.717) is 35.3 Å². The van der Waals surface area contributed by atoms with Crippen LogP contribution in [0.4, 0.5) is 0 Å². The first kappa shape index (κ1) is 26.3. The van der Waals surface area contributed by atoms with Gasteiger partial charge in [0.05, 0.1) is 18.3 Å². The van der Waals surface area contributed by atoms with Gasteiger partial charge in [0.1, 0.15) is 17.6 Å². The molecule has 0 aromatic heterocycles. The Labute approximate surface area is 215 Å². The third-order valence-electron chi connectivity index (χ3n) is 6.75. The molecule has 2 unspecified atom stereocenters. The van der Waals surface area contributed by atoms with Gasteiger partial charge < -0.3 is 29.5 Å². The quantitative estimate of drug-likeness (QED) is 0.380. The van der Waals surface area contributed by atoms with E-state index in [2.05, 4.69) is 0 Å². The maximum atomic E-state index is 13.2. The van der Waals surface area contributed by atoms with Gasteiger partial charge in [-0.05, 0) is 74.6 Å². The maximum Gasteiger partial charge on any atom is 0.375 e. The summed E-state index contributed by atoms with van der Waals surface area (Å²) in [6, 6.07) is 9.94. The van der Waals surface area contributed by atoms with E-state index in [0.717, 1.165) is 11.1 Å². The van der Waals surface area contributed by atoms with Crippen LogP contribution in [0.15, 0.2) is 53.8 Å². The fraction of sp³-hybridized carbons (Fsp3) is 0.379. The van der Waals surface area contributed by atoms with Crippen LogP contribution in [0.2, 0.25) is 0 Å². The standard InChI is InChI=1S/C29H32O8/c1-16(2)6-8-18-13-19(9-10-21(18)30)24-25(31)26(32)37-29(24,27(33)35-5)15-17-7-11-22-20(12-17)14-23(36-22)28(3,4)34/h6-7,9-13,23,30-31,34H,8,14-15H2,1-5H3. The third kappa shape index (κ3) is 4.93. The van der Waals surface area contributed by atoms with Crippen LogP contribution in [-0.4, -0.2) is 51.7 Å². The van der Waals surface area contributed by atoms with E-state index in [1.54, 1.807) is 32.0 Å². The lowest BCUT2D eigenvalue weighted by atomic mass is 9.82. The number of allylic oxidation sites excluding steroid dienone is 2. The van der Waals surface area contributed by atoms with Gasteiger partial charge in [0.25, 0.3) is 0 Å². The van der Waals surface area contributed by atoms with Gasteiger partial charge >= 0.3 is 11.9 Å². The number of phenolic OH excluding ortho intramolecular Hbond substituents is 1. The van der Waals surface area contributed by atoms with Crippen molar-refractivity contribution in [3.8, 4) is 11.5 Å². The Morgan fingerprint density at radius 1 is 1.19 bits per heavy atom. The molecule has 0 radical (unpaired) electrons. The number of phenols is 1. The predicted octanol–water partition coefficient (Wildman–Crippen LogP) is 3.96. The van der Waals surface area contributed by atoms with Crippen molar-refractivity contribution in [3.05, 3.63) is 76.1 Å². The summed E-state index contributed by atoms with van der Waals surface area (Å²) in [6.45, 7) is 7.23. The number of benzene rings is 2. The van der Waals surface area contributed by atoms with Crippen LogP contribution in [0.3, 0.4) is 0 Å². The van der Waals surface area contributed by atoms with Crippen LogP contribution in [0, 0.1) is 0 Å². The summed E-state index contributed by atoms with van der Waals surface area (Å²) in [7, 11) is 1.19. The summed E-state index contributed by atoms with van der Waals surface area (Å²) < 4.78 is 16.5. The largest absolute Gasteiger partial charge is 0.508 e. The SMILES string of the molecule is COC(=O)C1(Cc2ccc3c(c2)CC(C(C)(C)O)O3)OC(=O)C(O)=C1c1ccc(O)c(CC=C(C)C)c1. The Balaban J connectivity index is 1.77. The number of ether oxygens (including phenoxy) is 3. The highest BCUT2D eigenvalue weighted by molar-refractivity contribution is 6.11. The molecule has 3 N–H and O–H groups in total. The van der Waals surface area contributed by atoms with Gasteiger partial charge in [0.2, 0.25) is 11.4 Å². The maximum absolute atomic E-state index is 13.2. The van der Waals surface area contributed by atoms with Gasteiger partial charge in [-0.1, -0.05) is 29.8 Å². The number of carbonyl (C=O) groups is 2. The highest BCUT2D eigenvalue weighted by Crippen LogP contribution is 2.44. The van der Waals surface area contributed by atoms with E-state index in [1.807, 2.05) is 26.0 Å². The van der Waals surface area contributed by atoms with Crippen molar-refractivity contribution in [1.82, 2.24) is 0 Å². The Hall–Kier alpha value is -3.78. The Morgan fingerprint density at radius 2 is 1.92 bits per heavy atom. The molecule has 0 saturated heterocycles. The van der Waals surface area contributed by atoms with Crippen LogP contribution < -0.4 is 4.74 Å². The molecule has 2 heterocycles. The summed E-state index contributed by atoms with van der Waals surface area (Å²) >= 11 is 0. The van der Waals surface area contributed by atoms with Crippen LogP contribution in [0.25, 0.3) is 5.57 Å². The van der Waals surface area contributed by atoms with Crippen molar-refractivity contribution in [1.29, 1.82) is 0 Å². The third-order valence-corrected chi connectivity index (χ3v) is 6.75. The zero-order valence-electron chi connectivity index (χ0n) is 21.6. The minimum Gasteiger partial charge on any atom is -0.508 e. The first-order valence-corrected chi connectivity index (χ1v) is 12.1. The lowest BCUT2D eigenvalue weighted by Crippen LogP contribution is -2.44. The first-order valence-electron chi connectivity index (χ1n) is 12.1. The van der Waals surface area contributed by atoms with E-state index in [1.165, 1.54) is 19.2 Å². The number of fused-ring (bicyclic) bond motifs is 1. The lowest BCUT2D eigenvalue weighted by molar-refractivity contribution is -0.169. The van der Waals surface area contributed by atoms with Crippen molar-refractivity contribution >= 4 is 17.5 Å². The predicted molar refractivity (Wildman–Crippen MR) is 136 cm³/mol. The average molecular weight is 509 g/mol. The Morgan fingerprint density at radius 3 is 2.57 bits per heavy atom. The number of hydrogen-bond acceptors (Lipinski definition) is 8. The van der Waals surface area contributed by atoms with Gasteiger partial charge in [-0.3, -0.25) is 0 Å². The normalized spacial score (nSPS) is 20.8. The molecule has 2 aliphatic rings. The summed E-state index contributed by atoms with van der Waals surface area (Å²) in [4.78, 5) is 25.9. The highest BCUT2D eigenvalue weighted by atomic mass is 16.6. The fourth-order valence-corrected chi connectivity index (χ4v) is 4.74. The van der Waals surface area contributed by atoms with Crippen molar-refractivity contribution in [3.63, 3.8) is 0 Å². The van der Waals surface area contributed by atoms with Crippen molar-refractivity contribution in [2.45, 2.75) is 64.3 Å².